The second-order valence-corrected chi connectivity index (χ2v) is 6.40. The third kappa shape index (κ3) is 4.63. The Kier molecular flexibility index (Phi) is 5.54. The van der Waals surface area contributed by atoms with E-state index in [0.717, 1.165) is 19.0 Å². The Bertz CT molecular complexity index is 494. The van der Waals surface area contributed by atoms with Gasteiger partial charge in [0.15, 0.2) is 0 Å². The van der Waals surface area contributed by atoms with Crippen molar-refractivity contribution in [3.8, 4) is 0 Å². The van der Waals surface area contributed by atoms with Crippen LogP contribution in [0, 0.1) is 5.92 Å². The number of pyridine rings is 2. The van der Waals surface area contributed by atoms with E-state index in [2.05, 4.69) is 27.0 Å². The van der Waals surface area contributed by atoms with Crippen molar-refractivity contribution in [2.75, 3.05) is 6.54 Å². The number of rotatable bonds is 6. The molecule has 116 valence electrons. The molecule has 0 N–H and O–H groups in total. The van der Waals surface area contributed by atoms with Crippen LogP contribution in [-0.4, -0.2) is 21.4 Å². The van der Waals surface area contributed by atoms with E-state index in [1.807, 2.05) is 36.9 Å². The first-order chi connectivity index (χ1) is 10.9. The van der Waals surface area contributed by atoms with Crippen LogP contribution in [0.5, 0.6) is 0 Å². The largest absolute Gasteiger partial charge is 0.294 e. The standard InChI is InChI=1S/C19H25N3/c1-2-6-17(7-3-1)14-22(15-18-8-4-10-20-12-18)16-19-9-5-11-21-13-19/h4-5,8-13,17H,1-3,6-7,14-16H2. The summed E-state index contributed by atoms with van der Waals surface area (Å²) in [6, 6.07) is 8.39. The fraction of sp³-hybridized carbons (Fsp3) is 0.474. The lowest BCUT2D eigenvalue weighted by Gasteiger charge is -2.29. The third-order valence-corrected chi connectivity index (χ3v) is 4.50. The predicted octanol–water partition coefficient (Wildman–Crippen LogP) is 4.06. The van der Waals surface area contributed by atoms with E-state index >= 15 is 0 Å². The normalized spacial score (nSPS) is 16.0. The van der Waals surface area contributed by atoms with Gasteiger partial charge in [-0.1, -0.05) is 31.4 Å². The molecule has 1 aliphatic carbocycles. The van der Waals surface area contributed by atoms with Crippen LogP contribution in [0.3, 0.4) is 0 Å². The Morgan fingerprint density at radius 2 is 1.45 bits per heavy atom. The first-order valence-corrected chi connectivity index (χ1v) is 8.40. The highest BCUT2D eigenvalue weighted by molar-refractivity contribution is 5.11. The summed E-state index contributed by atoms with van der Waals surface area (Å²) in [4.78, 5) is 11.1. The molecule has 0 aliphatic heterocycles. The molecule has 22 heavy (non-hydrogen) atoms. The van der Waals surface area contributed by atoms with Crippen molar-refractivity contribution < 1.29 is 0 Å². The zero-order valence-electron chi connectivity index (χ0n) is 13.2. The van der Waals surface area contributed by atoms with E-state index in [1.54, 1.807) is 0 Å². The molecule has 1 saturated carbocycles. The molecule has 0 spiro atoms. The Morgan fingerprint density at radius 1 is 0.864 bits per heavy atom. The third-order valence-electron chi connectivity index (χ3n) is 4.50. The van der Waals surface area contributed by atoms with E-state index in [9.17, 15) is 0 Å². The van der Waals surface area contributed by atoms with Crippen LogP contribution in [0.4, 0.5) is 0 Å². The van der Waals surface area contributed by atoms with E-state index in [1.165, 1.54) is 49.8 Å². The fourth-order valence-electron chi connectivity index (χ4n) is 3.42. The van der Waals surface area contributed by atoms with Crippen LogP contribution in [0.1, 0.15) is 43.2 Å². The average molecular weight is 295 g/mol. The molecule has 1 fully saturated rings. The average Bonchev–Trinajstić information content (AvgIpc) is 2.57. The molecule has 0 radical (unpaired) electrons. The zero-order chi connectivity index (χ0) is 15.0. The highest BCUT2D eigenvalue weighted by atomic mass is 15.1. The lowest BCUT2D eigenvalue weighted by molar-refractivity contribution is 0.186. The molecule has 0 amide bonds. The smallest absolute Gasteiger partial charge is 0.0312 e. The van der Waals surface area contributed by atoms with Gasteiger partial charge in [0.1, 0.15) is 0 Å². The highest BCUT2D eigenvalue weighted by Crippen LogP contribution is 2.25. The maximum atomic E-state index is 4.25. The van der Waals surface area contributed by atoms with Gasteiger partial charge in [-0.3, -0.25) is 14.9 Å². The van der Waals surface area contributed by atoms with Crippen molar-refractivity contribution in [3.63, 3.8) is 0 Å². The van der Waals surface area contributed by atoms with Crippen molar-refractivity contribution in [2.45, 2.75) is 45.2 Å². The molecule has 3 heteroatoms. The summed E-state index contributed by atoms with van der Waals surface area (Å²) in [6.45, 7) is 3.13. The van der Waals surface area contributed by atoms with Gasteiger partial charge in [0.05, 0.1) is 0 Å². The molecular formula is C19H25N3. The summed E-state index contributed by atoms with van der Waals surface area (Å²) >= 11 is 0. The van der Waals surface area contributed by atoms with Crippen LogP contribution in [0.2, 0.25) is 0 Å². The van der Waals surface area contributed by atoms with Gasteiger partial charge in [-0.25, -0.2) is 0 Å². The van der Waals surface area contributed by atoms with Crippen LogP contribution in [-0.2, 0) is 13.1 Å². The summed E-state index contributed by atoms with van der Waals surface area (Å²) < 4.78 is 0. The molecule has 3 rings (SSSR count). The molecule has 0 saturated heterocycles. The maximum absolute atomic E-state index is 4.25. The molecular weight excluding hydrogens is 270 g/mol. The van der Waals surface area contributed by atoms with Crippen LogP contribution in [0.15, 0.2) is 49.1 Å². The molecule has 0 bridgehead atoms. The molecule has 2 aromatic rings. The van der Waals surface area contributed by atoms with Crippen molar-refractivity contribution in [1.82, 2.24) is 14.9 Å². The number of hydrogen-bond acceptors (Lipinski definition) is 3. The van der Waals surface area contributed by atoms with E-state index in [4.69, 9.17) is 0 Å². The summed E-state index contributed by atoms with van der Waals surface area (Å²) in [7, 11) is 0. The molecule has 3 nitrogen and oxygen atoms in total. The second-order valence-electron chi connectivity index (χ2n) is 6.40. The molecule has 0 atom stereocenters. The number of nitrogens with zero attached hydrogens (tertiary/aromatic N) is 3. The monoisotopic (exact) mass is 295 g/mol. The Labute approximate surface area is 133 Å². The van der Waals surface area contributed by atoms with Crippen molar-refractivity contribution >= 4 is 0 Å². The summed E-state index contributed by atoms with van der Waals surface area (Å²) in [5, 5.41) is 0. The van der Waals surface area contributed by atoms with E-state index in [0.29, 0.717) is 0 Å². The van der Waals surface area contributed by atoms with E-state index < -0.39 is 0 Å². The van der Waals surface area contributed by atoms with Gasteiger partial charge in [0, 0.05) is 44.4 Å². The van der Waals surface area contributed by atoms with Crippen molar-refractivity contribution in [3.05, 3.63) is 60.2 Å². The first kappa shape index (κ1) is 15.2. The summed E-state index contributed by atoms with van der Waals surface area (Å²) in [5.74, 6) is 0.849. The van der Waals surface area contributed by atoms with Gasteiger partial charge >= 0.3 is 0 Å². The molecule has 1 aliphatic rings. The molecule has 0 unspecified atom stereocenters. The van der Waals surface area contributed by atoms with Gasteiger partial charge in [0.25, 0.3) is 0 Å². The lowest BCUT2D eigenvalue weighted by Crippen LogP contribution is -2.30. The van der Waals surface area contributed by atoms with E-state index in [-0.39, 0.29) is 0 Å². The van der Waals surface area contributed by atoms with Crippen molar-refractivity contribution in [1.29, 1.82) is 0 Å². The molecule has 2 aromatic heterocycles. The fourth-order valence-corrected chi connectivity index (χ4v) is 3.42. The van der Waals surface area contributed by atoms with Gasteiger partial charge in [-0.05, 0) is 42.0 Å². The predicted molar refractivity (Wildman–Crippen MR) is 89.2 cm³/mol. The van der Waals surface area contributed by atoms with Gasteiger partial charge in [-0.2, -0.15) is 0 Å². The Hall–Kier alpha value is -1.74. The topological polar surface area (TPSA) is 29.0 Å². The van der Waals surface area contributed by atoms with Crippen LogP contribution < -0.4 is 0 Å². The quantitative estimate of drug-likeness (QED) is 0.804. The maximum Gasteiger partial charge on any atom is 0.0312 e. The highest BCUT2D eigenvalue weighted by Gasteiger charge is 2.18. The van der Waals surface area contributed by atoms with Gasteiger partial charge < -0.3 is 0 Å². The lowest BCUT2D eigenvalue weighted by atomic mass is 9.89. The van der Waals surface area contributed by atoms with Gasteiger partial charge in [0.2, 0.25) is 0 Å². The second kappa shape index (κ2) is 8.04. The number of hydrogen-bond donors (Lipinski definition) is 0. The molecule has 0 aromatic carbocycles. The first-order valence-electron chi connectivity index (χ1n) is 8.40. The Balaban J connectivity index is 1.66. The van der Waals surface area contributed by atoms with Crippen LogP contribution in [0.25, 0.3) is 0 Å². The minimum atomic E-state index is 0.849. The summed E-state index contributed by atoms with van der Waals surface area (Å²) in [6.07, 6.45) is 14.6. The SMILES string of the molecule is c1cncc(CN(Cc2cccnc2)CC2CCCCC2)c1. The van der Waals surface area contributed by atoms with Crippen LogP contribution >= 0.6 is 0 Å². The minimum absolute atomic E-state index is 0.849. The minimum Gasteiger partial charge on any atom is -0.294 e. The zero-order valence-corrected chi connectivity index (χ0v) is 13.2. The van der Waals surface area contributed by atoms with Gasteiger partial charge in [-0.15, -0.1) is 0 Å². The summed E-state index contributed by atoms with van der Waals surface area (Å²) in [5.41, 5.74) is 2.59. The number of aromatic nitrogens is 2. The van der Waals surface area contributed by atoms with Crippen molar-refractivity contribution in [2.24, 2.45) is 5.92 Å². The Morgan fingerprint density at radius 3 is 1.95 bits per heavy atom. The molecule has 2 heterocycles.